The quantitative estimate of drug-likeness (QED) is 0.359. The second-order valence-corrected chi connectivity index (χ2v) is 8.92. The monoisotopic (exact) mass is 496 g/mol. The van der Waals surface area contributed by atoms with E-state index in [0.717, 1.165) is 39.6 Å². The largest absolute Gasteiger partial charge is 0.486 e. The van der Waals surface area contributed by atoms with Crippen LogP contribution in [0.4, 0.5) is 5.69 Å². The summed E-state index contributed by atoms with van der Waals surface area (Å²) in [6.07, 6.45) is 1.95. The average Bonchev–Trinajstić information content (AvgIpc) is 2.93. The second-order valence-electron chi connectivity index (χ2n) is 8.49. The predicted molar refractivity (Wildman–Crippen MR) is 139 cm³/mol. The van der Waals surface area contributed by atoms with E-state index >= 15 is 0 Å². The maximum Gasteiger partial charge on any atom is 0.255 e. The molecule has 0 saturated heterocycles. The third kappa shape index (κ3) is 4.51. The molecule has 1 N–H and O–H groups in total. The van der Waals surface area contributed by atoms with E-state index in [1.807, 2.05) is 66.7 Å². The van der Waals surface area contributed by atoms with E-state index in [1.54, 1.807) is 12.1 Å². The fraction of sp³-hybridized carbons (Fsp3) is 0.103. The first-order chi connectivity index (χ1) is 17.6. The van der Waals surface area contributed by atoms with Crippen molar-refractivity contribution >= 4 is 23.2 Å². The summed E-state index contributed by atoms with van der Waals surface area (Å²) in [6.45, 7) is 1.10. The Morgan fingerprint density at radius 2 is 1.53 bits per heavy atom. The van der Waals surface area contributed by atoms with Gasteiger partial charge in [-0.3, -0.25) is 4.79 Å². The van der Waals surface area contributed by atoms with Crippen LogP contribution < -0.4 is 19.5 Å². The van der Waals surface area contributed by atoms with Crippen molar-refractivity contribution in [3.05, 3.63) is 101 Å². The van der Waals surface area contributed by atoms with Gasteiger partial charge >= 0.3 is 0 Å². The lowest BCUT2D eigenvalue weighted by molar-refractivity contribution is -0.113. The molecule has 6 rings (SSSR count). The summed E-state index contributed by atoms with van der Waals surface area (Å²) in [5, 5.41) is 3.55. The fourth-order valence-corrected chi connectivity index (χ4v) is 4.41. The van der Waals surface area contributed by atoms with E-state index in [1.165, 1.54) is 6.26 Å². The van der Waals surface area contributed by atoms with Gasteiger partial charge in [0.15, 0.2) is 11.5 Å². The van der Waals surface area contributed by atoms with Gasteiger partial charge in [-0.2, -0.15) is 0 Å². The van der Waals surface area contributed by atoms with Crippen molar-refractivity contribution in [2.24, 2.45) is 0 Å². The van der Waals surface area contributed by atoms with Gasteiger partial charge in [0.05, 0.1) is 17.0 Å². The third-order valence-electron chi connectivity index (χ3n) is 6.05. The number of pyridine rings is 1. The summed E-state index contributed by atoms with van der Waals surface area (Å²) in [5.41, 5.74) is 5.66. The molecule has 3 aromatic carbocycles. The Balaban J connectivity index is 1.16. The molecule has 36 heavy (non-hydrogen) atoms. The van der Waals surface area contributed by atoms with Gasteiger partial charge in [-0.25, -0.2) is 4.98 Å². The third-order valence-corrected chi connectivity index (χ3v) is 6.28. The number of nitrogens with one attached hydrogen (secondary N) is 1. The van der Waals surface area contributed by atoms with Crippen LogP contribution in [0.25, 0.3) is 22.5 Å². The lowest BCUT2D eigenvalue weighted by Crippen LogP contribution is -2.19. The Labute approximate surface area is 213 Å². The molecule has 178 valence electrons. The molecule has 7 heteroatoms. The first-order valence-electron chi connectivity index (χ1n) is 11.6. The van der Waals surface area contributed by atoms with Gasteiger partial charge in [-0.05, 0) is 60.7 Å². The van der Waals surface area contributed by atoms with Crippen molar-refractivity contribution in [1.29, 1.82) is 0 Å². The normalized spacial score (nSPS) is 13.8. The standard InChI is InChI=1S/C29H21ClN2O4/c30-22-7-11-26-20(15-22)14-21(17-36-26)29(33)31-23-8-4-18(5-9-23)24-2-1-3-25(32-24)19-6-10-27-28(16-19)35-13-12-34-27/h1-11,15-17H,12-14H2,(H,31,33). The minimum Gasteiger partial charge on any atom is -0.486 e. The average molecular weight is 497 g/mol. The number of fused-ring (bicyclic) bond motifs is 2. The number of halogens is 1. The number of carbonyl (C=O) groups excluding carboxylic acids is 1. The molecule has 2 aliphatic heterocycles. The van der Waals surface area contributed by atoms with Crippen molar-refractivity contribution in [2.45, 2.75) is 6.42 Å². The minimum atomic E-state index is -0.216. The minimum absolute atomic E-state index is 0.216. The van der Waals surface area contributed by atoms with Crippen molar-refractivity contribution in [3.8, 4) is 39.8 Å². The van der Waals surface area contributed by atoms with Gasteiger partial charge in [0.2, 0.25) is 0 Å². The van der Waals surface area contributed by atoms with Crippen LogP contribution in [0.3, 0.4) is 0 Å². The highest BCUT2D eigenvalue weighted by atomic mass is 35.5. The predicted octanol–water partition coefficient (Wildman–Crippen LogP) is 6.30. The summed E-state index contributed by atoms with van der Waals surface area (Å²) >= 11 is 6.08. The molecule has 0 atom stereocenters. The SMILES string of the molecule is O=C(Nc1ccc(-c2cccc(-c3ccc4c(c3)OCCO4)n2)cc1)C1=COc2ccc(Cl)cc2C1. The number of benzene rings is 3. The topological polar surface area (TPSA) is 69.7 Å². The fourth-order valence-electron chi connectivity index (χ4n) is 4.21. The zero-order valence-electron chi connectivity index (χ0n) is 19.2. The molecule has 0 bridgehead atoms. The van der Waals surface area contributed by atoms with Crippen LogP contribution in [-0.4, -0.2) is 24.1 Å². The molecule has 6 nitrogen and oxygen atoms in total. The first kappa shape index (κ1) is 22.2. The second kappa shape index (κ2) is 9.40. The van der Waals surface area contributed by atoms with Crippen LogP contribution >= 0.6 is 11.6 Å². The Kier molecular flexibility index (Phi) is 5.79. The molecule has 2 aliphatic rings. The zero-order valence-corrected chi connectivity index (χ0v) is 19.9. The van der Waals surface area contributed by atoms with Crippen LogP contribution in [0.2, 0.25) is 5.02 Å². The molecule has 0 saturated carbocycles. The number of nitrogens with zero attached hydrogens (tertiary/aromatic N) is 1. The molecule has 1 amide bonds. The van der Waals surface area contributed by atoms with Crippen LogP contribution in [0, 0.1) is 0 Å². The molecular formula is C29H21ClN2O4. The Morgan fingerprint density at radius 1 is 0.806 bits per heavy atom. The van der Waals surface area contributed by atoms with Crippen LogP contribution in [0.15, 0.2) is 90.7 Å². The number of ether oxygens (including phenoxy) is 3. The number of amides is 1. The first-order valence-corrected chi connectivity index (χ1v) is 11.9. The summed E-state index contributed by atoms with van der Waals surface area (Å²) in [5.74, 6) is 1.98. The number of rotatable bonds is 4. The highest BCUT2D eigenvalue weighted by Gasteiger charge is 2.19. The lowest BCUT2D eigenvalue weighted by Gasteiger charge is -2.18. The molecule has 0 spiro atoms. The van der Waals surface area contributed by atoms with Gasteiger partial charge in [0, 0.05) is 33.8 Å². The van der Waals surface area contributed by atoms with E-state index in [0.29, 0.717) is 41.7 Å². The summed E-state index contributed by atoms with van der Waals surface area (Å²) in [7, 11) is 0. The van der Waals surface area contributed by atoms with Gasteiger partial charge in [0.25, 0.3) is 5.91 Å². The highest BCUT2D eigenvalue weighted by molar-refractivity contribution is 6.30. The Hall–Kier alpha value is -4.29. The number of hydrogen-bond acceptors (Lipinski definition) is 5. The van der Waals surface area contributed by atoms with Gasteiger partial charge in [-0.1, -0.05) is 29.8 Å². The number of hydrogen-bond donors (Lipinski definition) is 1. The smallest absolute Gasteiger partial charge is 0.255 e. The lowest BCUT2D eigenvalue weighted by atomic mass is 10.0. The van der Waals surface area contributed by atoms with Gasteiger partial charge < -0.3 is 19.5 Å². The molecule has 0 aliphatic carbocycles. The van der Waals surface area contributed by atoms with Crippen molar-refractivity contribution in [3.63, 3.8) is 0 Å². The number of anilines is 1. The van der Waals surface area contributed by atoms with Gasteiger partial charge in [-0.15, -0.1) is 0 Å². The van der Waals surface area contributed by atoms with Crippen molar-refractivity contribution in [2.75, 3.05) is 18.5 Å². The van der Waals surface area contributed by atoms with Crippen molar-refractivity contribution < 1.29 is 19.0 Å². The maximum atomic E-state index is 12.8. The number of carbonyl (C=O) groups is 1. The Morgan fingerprint density at radius 3 is 2.36 bits per heavy atom. The molecule has 1 aromatic heterocycles. The molecule has 3 heterocycles. The molecular weight excluding hydrogens is 476 g/mol. The Bertz CT molecular complexity index is 1500. The zero-order chi connectivity index (χ0) is 24.5. The van der Waals surface area contributed by atoms with Crippen LogP contribution in [0.1, 0.15) is 5.56 Å². The van der Waals surface area contributed by atoms with E-state index in [9.17, 15) is 4.79 Å². The van der Waals surface area contributed by atoms with Gasteiger partial charge in [0.1, 0.15) is 25.2 Å². The van der Waals surface area contributed by atoms with E-state index in [4.69, 9.17) is 30.8 Å². The summed E-state index contributed by atoms with van der Waals surface area (Å²) < 4.78 is 16.9. The van der Waals surface area contributed by atoms with Crippen LogP contribution in [-0.2, 0) is 11.2 Å². The van der Waals surface area contributed by atoms with Crippen LogP contribution in [0.5, 0.6) is 17.2 Å². The van der Waals surface area contributed by atoms with E-state index < -0.39 is 0 Å². The molecule has 0 fully saturated rings. The van der Waals surface area contributed by atoms with E-state index in [2.05, 4.69) is 5.32 Å². The highest BCUT2D eigenvalue weighted by Crippen LogP contribution is 2.35. The summed E-state index contributed by atoms with van der Waals surface area (Å²) in [4.78, 5) is 17.6. The number of aromatic nitrogens is 1. The molecule has 0 radical (unpaired) electrons. The molecule has 4 aromatic rings. The summed E-state index contributed by atoms with van der Waals surface area (Å²) in [6, 6.07) is 24.7. The van der Waals surface area contributed by atoms with Crippen molar-refractivity contribution in [1.82, 2.24) is 4.98 Å². The maximum absolute atomic E-state index is 12.8. The molecule has 0 unspecified atom stereocenters. The van der Waals surface area contributed by atoms with E-state index in [-0.39, 0.29) is 5.91 Å².